The molecular weight excluding hydrogens is 499 g/mol. The number of halogens is 5. The van der Waals surface area contributed by atoms with Gasteiger partial charge < -0.3 is 15.2 Å². The van der Waals surface area contributed by atoms with Gasteiger partial charge >= 0.3 is 0 Å². The third kappa shape index (κ3) is 5.62. The van der Waals surface area contributed by atoms with E-state index in [1.807, 2.05) is 0 Å². The highest BCUT2D eigenvalue weighted by Gasteiger charge is 2.19. The second-order valence-corrected chi connectivity index (χ2v) is 7.39. The van der Waals surface area contributed by atoms with Crippen LogP contribution in [0, 0.1) is 11.6 Å². The fraction of sp³-hybridized carbons (Fsp3) is 0.0952. The lowest BCUT2D eigenvalue weighted by Gasteiger charge is -2.18. The molecule has 0 amide bonds. The first-order valence-electron chi connectivity index (χ1n) is 9.20. The quantitative estimate of drug-likeness (QED) is 0.353. The predicted molar refractivity (Wildman–Crippen MR) is 128 cm³/mol. The van der Waals surface area contributed by atoms with E-state index in [2.05, 4.69) is 20.7 Å². The SMILES string of the molecule is Cl.NC(=NN=CC1=C(Cl)c2cc(F)ccc2OC1)NN=CC1=C(Cl)c2cc(F)ccc2OC1. The van der Waals surface area contributed by atoms with E-state index in [0.717, 1.165) is 0 Å². The maximum atomic E-state index is 13.5. The average molecular weight is 515 g/mol. The number of ether oxygens (including phenoxy) is 2. The highest BCUT2D eigenvalue weighted by molar-refractivity contribution is 6.51. The van der Waals surface area contributed by atoms with Crippen molar-refractivity contribution in [2.75, 3.05) is 13.2 Å². The Kier molecular flexibility index (Phi) is 7.91. The van der Waals surface area contributed by atoms with Gasteiger partial charge in [-0.25, -0.2) is 14.2 Å². The molecule has 0 atom stereocenters. The van der Waals surface area contributed by atoms with E-state index in [0.29, 0.717) is 43.8 Å². The third-order valence-electron chi connectivity index (χ3n) is 4.46. The number of nitrogens with zero attached hydrogens (tertiary/aromatic N) is 3. The van der Waals surface area contributed by atoms with E-state index in [1.165, 1.54) is 48.8 Å². The number of fused-ring (bicyclic) bond motifs is 2. The van der Waals surface area contributed by atoms with Gasteiger partial charge in [-0.15, -0.1) is 17.5 Å². The van der Waals surface area contributed by atoms with Crippen LogP contribution < -0.4 is 20.6 Å². The van der Waals surface area contributed by atoms with Crippen molar-refractivity contribution >= 4 is 64.1 Å². The van der Waals surface area contributed by atoms with E-state index >= 15 is 0 Å². The van der Waals surface area contributed by atoms with Crippen molar-refractivity contribution in [3.8, 4) is 11.5 Å². The topological polar surface area (TPSA) is 93.6 Å². The Morgan fingerprint density at radius 1 is 0.909 bits per heavy atom. The summed E-state index contributed by atoms with van der Waals surface area (Å²) in [5.41, 5.74) is 10.1. The number of nitrogens with one attached hydrogen (secondary N) is 1. The summed E-state index contributed by atoms with van der Waals surface area (Å²) in [6.07, 6.45) is 2.75. The van der Waals surface area contributed by atoms with Crippen LogP contribution in [0.25, 0.3) is 10.1 Å². The molecular formula is C21H16Cl3F2N5O2. The molecule has 33 heavy (non-hydrogen) atoms. The molecule has 3 N–H and O–H groups in total. The average Bonchev–Trinajstić information content (AvgIpc) is 2.77. The van der Waals surface area contributed by atoms with Gasteiger partial charge in [0, 0.05) is 22.3 Å². The Morgan fingerprint density at radius 3 is 1.97 bits per heavy atom. The normalized spacial score (nSPS) is 15.7. The van der Waals surface area contributed by atoms with Crippen LogP contribution in [-0.2, 0) is 0 Å². The number of rotatable bonds is 4. The first kappa shape index (κ1) is 24.5. The maximum Gasteiger partial charge on any atom is 0.234 e. The minimum atomic E-state index is -0.430. The largest absolute Gasteiger partial charge is 0.488 e. The molecule has 2 heterocycles. The van der Waals surface area contributed by atoms with Gasteiger partial charge in [0.15, 0.2) is 0 Å². The lowest BCUT2D eigenvalue weighted by atomic mass is 10.1. The summed E-state index contributed by atoms with van der Waals surface area (Å²) in [4.78, 5) is 0. The van der Waals surface area contributed by atoms with Crippen LogP contribution >= 0.6 is 35.6 Å². The van der Waals surface area contributed by atoms with Gasteiger partial charge in [0.2, 0.25) is 5.96 Å². The smallest absolute Gasteiger partial charge is 0.234 e. The molecule has 0 spiro atoms. The first-order chi connectivity index (χ1) is 15.4. The second kappa shape index (κ2) is 10.7. The zero-order valence-corrected chi connectivity index (χ0v) is 19.0. The van der Waals surface area contributed by atoms with Crippen molar-refractivity contribution < 1.29 is 18.3 Å². The molecule has 0 aliphatic carbocycles. The zero-order valence-electron chi connectivity index (χ0n) is 16.7. The maximum absolute atomic E-state index is 13.5. The van der Waals surface area contributed by atoms with Crippen molar-refractivity contribution in [3.63, 3.8) is 0 Å². The Bertz CT molecular complexity index is 1230. The standard InChI is InChI=1S/C21H15Cl2F2N5O2.ClH/c22-19-11(9-31-17-3-1-13(24)5-15(17)19)7-27-29-21(26)30-28-8-12-10-32-18-4-2-14(25)6-16(18)20(12)23;/h1-8H,9-10H2,(H3,26,29,30);1H. The van der Waals surface area contributed by atoms with Gasteiger partial charge in [0.1, 0.15) is 36.3 Å². The monoisotopic (exact) mass is 513 g/mol. The van der Waals surface area contributed by atoms with Gasteiger partial charge in [0.05, 0.1) is 22.5 Å². The van der Waals surface area contributed by atoms with Gasteiger partial charge in [-0.3, -0.25) is 0 Å². The molecule has 2 aliphatic rings. The minimum absolute atomic E-state index is 0. The van der Waals surface area contributed by atoms with Crippen molar-refractivity contribution in [2.45, 2.75) is 0 Å². The molecule has 0 aromatic heterocycles. The summed E-state index contributed by atoms with van der Waals surface area (Å²) in [5, 5.41) is 12.2. The van der Waals surface area contributed by atoms with Gasteiger partial charge in [-0.1, -0.05) is 23.2 Å². The molecule has 0 saturated carbocycles. The van der Waals surface area contributed by atoms with Gasteiger partial charge in [-0.2, -0.15) is 10.2 Å². The molecule has 0 fully saturated rings. The molecule has 2 aromatic rings. The fourth-order valence-electron chi connectivity index (χ4n) is 2.93. The van der Waals surface area contributed by atoms with Crippen molar-refractivity contribution in [2.24, 2.45) is 21.0 Å². The second-order valence-electron chi connectivity index (χ2n) is 6.64. The van der Waals surface area contributed by atoms with Crippen molar-refractivity contribution in [1.82, 2.24) is 5.43 Å². The summed E-state index contributed by atoms with van der Waals surface area (Å²) < 4.78 is 38.0. The van der Waals surface area contributed by atoms with E-state index in [-0.39, 0.29) is 31.6 Å². The lowest BCUT2D eigenvalue weighted by molar-refractivity contribution is 0.352. The van der Waals surface area contributed by atoms with Crippen LogP contribution in [0.3, 0.4) is 0 Å². The number of hydrogen-bond donors (Lipinski definition) is 2. The molecule has 0 bridgehead atoms. The summed E-state index contributed by atoms with van der Waals surface area (Å²) in [5.74, 6) is 0.000281. The molecule has 2 aliphatic heterocycles. The Morgan fingerprint density at radius 2 is 1.42 bits per heavy atom. The molecule has 2 aromatic carbocycles. The number of guanidine groups is 1. The summed E-state index contributed by atoms with van der Waals surface area (Å²) >= 11 is 12.6. The molecule has 0 saturated heterocycles. The van der Waals surface area contributed by atoms with Crippen molar-refractivity contribution in [3.05, 3.63) is 70.3 Å². The molecule has 4 rings (SSSR count). The molecule has 7 nitrogen and oxygen atoms in total. The van der Waals surface area contributed by atoms with Crippen LogP contribution in [0.1, 0.15) is 11.1 Å². The summed E-state index contributed by atoms with van der Waals surface area (Å²) in [6, 6.07) is 8.16. The van der Waals surface area contributed by atoms with Crippen LogP contribution in [-0.4, -0.2) is 31.6 Å². The number of nitrogens with two attached hydrogens (primary N) is 1. The van der Waals surface area contributed by atoms with E-state index in [4.69, 9.17) is 38.4 Å². The molecule has 172 valence electrons. The number of hydrogen-bond acceptors (Lipinski definition) is 5. The van der Waals surface area contributed by atoms with Crippen LogP contribution in [0.15, 0.2) is 62.8 Å². The Balaban J connectivity index is 0.00000306. The highest BCUT2D eigenvalue weighted by atomic mass is 35.5. The van der Waals surface area contributed by atoms with Crippen molar-refractivity contribution in [1.29, 1.82) is 0 Å². The zero-order chi connectivity index (χ0) is 22.7. The Labute approximate surface area is 203 Å². The highest BCUT2D eigenvalue weighted by Crippen LogP contribution is 2.36. The summed E-state index contributed by atoms with van der Waals surface area (Å²) in [7, 11) is 0. The number of hydrazone groups is 1. The predicted octanol–water partition coefficient (Wildman–Crippen LogP) is 4.65. The van der Waals surface area contributed by atoms with Gasteiger partial charge in [-0.05, 0) is 36.4 Å². The summed E-state index contributed by atoms with van der Waals surface area (Å²) in [6.45, 7) is 0.309. The van der Waals surface area contributed by atoms with E-state index in [9.17, 15) is 8.78 Å². The lowest BCUT2D eigenvalue weighted by Crippen LogP contribution is -2.27. The van der Waals surface area contributed by atoms with Crippen LogP contribution in [0.2, 0.25) is 0 Å². The molecule has 0 unspecified atom stereocenters. The van der Waals surface area contributed by atoms with Crippen LogP contribution in [0.4, 0.5) is 8.78 Å². The number of benzene rings is 2. The van der Waals surface area contributed by atoms with Crippen LogP contribution in [0.5, 0.6) is 11.5 Å². The molecule has 12 heteroatoms. The minimum Gasteiger partial charge on any atom is -0.488 e. The fourth-order valence-corrected chi connectivity index (χ4v) is 3.43. The van der Waals surface area contributed by atoms with E-state index in [1.54, 1.807) is 0 Å². The Hall–Kier alpha value is -3.14. The van der Waals surface area contributed by atoms with E-state index < -0.39 is 11.6 Å². The first-order valence-corrected chi connectivity index (χ1v) is 9.96. The third-order valence-corrected chi connectivity index (χ3v) is 5.36. The molecule has 0 radical (unpaired) electrons. The van der Waals surface area contributed by atoms with Gasteiger partial charge in [0.25, 0.3) is 0 Å².